The third kappa shape index (κ3) is 10.7. The monoisotopic (exact) mass is 528 g/mol. The Bertz CT molecular complexity index is 958. The van der Waals surface area contributed by atoms with Gasteiger partial charge in [0.25, 0.3) is 0 Å². The number of thioether (sulfide) groups is 1. The molecule has 8 heteroatoms. The number of nitrogens with one attached hydrogen (secondary N) is 2. The molecule has 0 unspecified atom stereocenters. The van der Waals surface area contributed by atoms with Crippen LogP contribution >= 0.6 is 11.8 Å². The lowest BCUT2D eigenvalue weighted by molar-refractivity contribution is -0.134. The Labute approximate surface area is 224 Å². The van der Waals surface area contributed by atoms with E-state index >= 15 is 0 Å². The topological polar surface area (TPSA) is 97.6 Å². The average Bonchev–Trinajstić information content (AvgIpc) is 3.41. The molecule has 0 radical (unpaired) electrons. The first-order valence-corrected chi connectivity index (χ1v) is 14.4. The molecule has 0 aliphatic heterocycles. The molecule has 2 aromatic rings. The second-order valence-corrected chi connectivity index (χ2v) is 11.1. The number of ketones is 1. The summed E-state index contributed by atoms with van der Waals surface area (Å²) in [6, 6.07) is 11.9. The van der Waals surface area contributed by atoms with Crippen LogP contribution in [-0.2, 0) is 31.3 Å². The molecule has 37 heavy (non-hydrogen) atoms. The van der Waals surface area contributed by atoms with Crippen molar-refractivity contribution in [1.82, 2.24) is 10.6 Å². The van der Waals surface area contributed by atoms with Crippen LogP contribution in [0.3, 0.4) is 0 Å². The molecule has 1 aliphatic carbocycles. The third-order valence-electron chi connectivity index (χ3n) is 6.42. The van der Waals surface area contributed by atoms with Crippen LogP contribution in [0, 0.1) is 5.92 Å². The summed E-state index contributed by atoms with van der Waals surface area (Å²) in [5.74, 6) is 1.10. The summed E-state index contributed by atoms with van der Waals surface area (Å²) < 4.78 is 11.1. The van der Waals surface area contributed by atoms with Gasteiger partial charge in [0, 0.05) is 0 Å². The van der Waals surface area contributed by atoms with E-state index in [1.807, 2.05) is 56.3 Å². The molecule has 1 aliphatic rings. The van der Waals surface area contributed by atoms with Crippen molar-refractivity contribution in [1.29, 1.82) is 0 Å². The molecule has 202 valence electrons. The molecule has 2 N–H and O–H groups in total. The number of rotatable bonds is 15. The Morgan fingerprint density at radius 3 is 2.43 bits per heavy atom. The number of carbonyl (C=O) groups is 3. The predicted octanol–water partition coefficient (Wildman–Crippen LogP) is 4.69. The van der Waals surface area contributed by atoms with E-state index in [0.29, 0.717) is 18.6 Å². The molecule has 7 nitrogen and oxygen atoms in total. The van der Waals surface area contributed by atoms with Crippen molar-refractivity contribution in [3.05, 3.63) is 60.1 Å². The van der Waals surface area contributed by atoms with E-state index in [1.54, 1.807) is 6.26 Å². The fourth-order valence-electron chi connectivity index (χ4n) is 4.48. The Balaban J connectivity index is 1.60. The lowest BCUT2D eigenvalue weighted by atomic mass is 9.98. The molecular formula is C29H40N2O5S. The minimum absolute atomic E-state index is 0.0532. The molecule has 2 amide bonds. The van der Waals surface area contributed by atoms with Gasteiger partial charge in [-0.2, -0.15) is 0 Å². The Hall–Kier alpha value is -2.58. The molecule has 1 saturated carbocycles. The zero-order valence-corrected chi connectivity index (χ0v) is 22.8. The summed E-state index contributed by atoms with van der Waals surface area (Å²) in [6.45, 7) is 3.95. The highest BCUT2D eigenvalue weighted by Crippen LogP contribution is 2.20. The zero-order valence-electron chi connectivity index (χ0n) is 21.9. The van der Waals surface area contributed by atoms with Crippen molar-refractivity contribution in [3.63, 3.8) is 0 Å². The van der Waals surface area contributed by atoms with Crippen LogP contribution in [0.25, 0.3) is 0 Å². The Kier molecular flexibility index (Phi) is 12.2. The van der Waals surface area contributed by atoms with Crippen LogP contribution in [0.2, 0.25) is 0 Å². The zero-order chi connectivity index (χ0) is 26.5. The van der Waals surface area contributed by atoms with Gasteiger partial charge in [-0.15, -0.1) is 11.8 Å². The lowest BCUT2D eigenvalue weighted by Gasteiger charge is -2.25. The van der Waals surface area contributed by atoms with Gasteiger partial charge in [-0.05, 0) is 49.3 Å². The van der Waals surface area contributed by atoms with Crippen LogP contribution in [-0.4, -0.2) is 48.1 Å². The van der Waals surface area contributed by atoms with Crippen molar-refractivity contribution in [2.45, 2.75) is 82.7 Å². The second-order valence-electron chi connectivity index (χ2n) is 10.1. The summed E-state index contributed by atoms with van der Waals surface area (Å²) in [7, 11) is 0. The van der Waals surface area contributed by atoms with E-state index in [9.17, 15) is 14.4 Å². The fourth-order valence-corrected chi connectivity index (χ4v) is 5.35. The van der Waals surface area contributed by atoms with E-state index in [-0.39, 0.29) is 42.0 Å². The van der Waals surface area contributed by atoms with Gasteiger partial charge in [0.15, 0.2) is 5.78 Å². The predicted molar refractivity (Wildman–Crippen MR) is 146 cm³/mol. The number of hydrogen-bond acceptors (Lipinski definition) is 6. The van der Waals surface area contributed by atoms with E-state index in [1.165, 1.54) is 18.2 Å². The summed E-state index contributed by atoms with van der Waals surface area (Å²) in [5, 5.41) is 5.80. The molecule has 2 atom stereocenters. The number of ether oxygens (including phenoxy) is 1. The molecule has 1 aromatic heterocycles. The first kappa shape index (κ1) is 29.0. The fraction of sp³-hybridized carbons (Fsp3) is 0.552. The normalized spacial score (nSPS) is 15.8. The van der Waals surface area contributed by atoms with Crippen molar-refractivity contribution in [3.8, 4) is 0 Å². The molecule has 0 saturated heterocycles. The number of hydrogen-bond donors (Lipinski definition) is 2. The molecule has 3 rings (SSSR count). The maximum absolute atomic E-state index is 13.3. The average molecular weight is 529 g/mol. The minimum Gasteiger partial charge on any atom is -0.468 e. The number of furan rings is 1. The van der Waals surface area contributed by atoms with Crippen LogP contribution in [0.5, 0.6) is 0 Å². The van der Waals surface area contributed by atoms with Gasteiger partial charge in [0.2, 0.25) is 11.8 Å². The molecular weight excluding hydrogens is 488 g/mol. The van der Waals surface area contributed by atoms with Crippen LogP contribution < -0.4 is 10.6 Å². The first-order valence-electron chi connectivity index (χ1n) is 13.3. The second kappa shape index (κ2) is 15.6. The maximum Gasteiger partial charge on any atom is 0.246 e. The van der Waals surface area contributed by atoms with Gasteiger partial charge in [0.1, 0.15) is 18.4 Å². The van der Waals surface area contributed by atoms with Crippen molar-refractivity contribution in [2.75, 3.05) is 12.4 Å². The molecule has 0 bridgehead atoms. The smallest absolute Gasteiger partial charge is 0.246 e. The SMILES string of the molecule is CC(C)C[C@H](NC(=O)COC1CCCCC1)C(=O)N[C@@H](Cc1ccccc1)C(=O)CSCc1ccco1. The van der Waals surface area contributed by atoms with Gasteiger partial charge < -0.3 is 19.8 Å². The van der Waals surface area contributed by atoms with E-state index in [0.717, 1.165) is 37.0 Å². The van der Waals surface area contributed by atoms with Gasteiger partial charge in [-0.1, -0.05) is 63.4 Å². The Morgan fingerprint density at radius 1 is 1.00 bits per heavy atom. The first-order chi connectivity index (χ1) is 17.9. The van der Waals surface area contributed by atoms with Crippen molar-refractivity contribution in [2.24, 2.45) is 5.92 Å². The van der Waals surface area contributed by atoms with E-state index in [2.05, 4.69) is 10.6 Å². The van der Waals surface area contributed by atoms with Gasteiger partial charge >= 0.3 is 0 Å². The third-order valence-corrected chi connectivity index (χ3v) is 7.39. The largest absolute Gasteiger partial charge is 0.468 e. The Morgan fingerprint density at radius 2 is 1.76 bits per heavy atom. The lowest BCUT2D eigenvalue weighted by Crippen LogP contribution is -2.53. The summed E-state index contributed by atoms with van der Waals surface area (Å²) in [6.07, 6.45) is 8.01. The van der Waals surface area contributed by atoms with Crippen LogP contribution in [0.4, 0.5) is 0 Å². The molecule has 1 fully saturated rings. The number of benzene rings is 1. The van der Waals surface area contributed by atoms with Gasteiger partial charge in [0.05, 0.1) is 29.9 Å². The summed E-state index contributed by atoms with van der Waals surface area (Å²) in [5.41, 5.74) is 0.961. The van der Waals surface area contributed by atoms with Crippen LogP contribution in [0.15, 0.2) is 53.1 Å². The highest BCUT2D eigenvalue weighted by atomic mass is 32.2. The van der Waals surface area contributed by atoms with E-state index < -0.39 is 12.1 Å². The minimum atomic E-state index is -0.732. The van der Waals surface area contributed by atoms with Crippen molar-refractivity contribution < 1.29 is 23.5 Å². The molecule has 0 spiro atoms. The highest BCUT2D eigenvalue weighted by Gasteiger charge is 2.28. The van der Waals surface area contributed by atoms with Gasteiger partial charge in [-0.25, -0.2) is 0 Å². The molecule has 1 heterocycles. The summed E-state index contributed by atoms with van der Waals surface area (Å²) >= 11 is 1.45. The highest BCUT2D eigenvalue weighted by molar-refractivity contribution is 7.99. The quantitative estimate of drug-likeness (QED) is 0.348. The summed E-state index contributed by atoms with van der Waals surface area (Å²) in [4.78, 5) is 39.2. The maximum atomic E-state index is 13.3. The van der Waals surface area contributed by atoms with Gasteiger partial charge in [-0.3, -0.25) is 14.4 Å². The number of Topliss-reactive ketones (excluding diaryl/α,β-unsaturated/α-hetero) is 1. The van der Waals surface area contributed by atoms with Crippen molar-refractivity contribution >= 4 is 29.4 Å². The number of amides is 2. The number of carbonyl (C=O) groups excluding carboxylic acids is 3. The van der Waals surface area contributed by atoms with Crippen LogP contribution in [0.1, 0.15) is 63.7 Å². The standard InChI is InChI=1S/C29H40N2O5S/c1-21(2)16-26(30-28(33)18-36-23-12-7-4-8-13-23)29(34)31-25(17-22-10-5-3-6-11-22)27(32)20-37-19-24-14-9-15-35-24/h3,5-6,9-11,14-15,21,23,25-26H,4,7-8,12-13,16-20H2,1-2H3,(H,30,33)(H,31,34)/t25-,26-/m0/s1. The molecule has 1 aromatic carbocycles. The van der Waals surface area contributed by atoms with E-state index in [4.69, 9.17) is 9.15 Å².